The molecule has 0 radical (unpaired) electrons. The lowest BCUT2D eigenvalue weighted by Gasteiger charge is -2.34. The molecule has 6 heteroatoms. The maximum Gasteiger partial charge on any atom is 0.325 e. The molecule has 0 fully saturated rings. The lowest BCUT2D eigenvalue weighted by molar-refractivity contribution is -0.157. The third-order valence-corrected chi connectivity index (χ3v) is 3.53. The molecule has 0 saturated heterocycles. The minimum atomic E-state index is -1.02. The molecule has 0 bridgehead atoms. The second-order valence-corrected chi connectivity index (χ2v) is 5.53. The summed E-state index contributed by atoms with van der Waals surface area (Å²) in [6.45, 7) is 3.67. The van der Waals surface area contributed by atoms with Crippen molar-refractivity contribution in [2.45, 2.75) is 32.4 Å². The second kappa shape index (κ2) is 8.91. The van der Waals surface area contributed by atoms with Gasteiger partial charge in [-0.05, 0) is 19.4 Å². The molecule has 1 rings (SSSR count). The summed E-state index contributed by atoms with van der Waals surface area (Å²) in [5, 5.41) is 8.75. The Morgan fingerprint density at radius 2 is 1.91 bits per heavy atom. The van der Waals surface area contributed by atoms with Gasteiger partial charge in [0.1, 0.15) is 12.1 Å². The fraction of sp³-hybridized carbons (Fsp3) is 0.471. The Balaban J connectivity index is 2.67. The number of methoxy groups -OCH3 is 1. The summed E-state index contributed by atoms with van der Waals surface area (Å²) >= 11 is 0. The number of benzene rings is 1. The number of nitriles is 1. The molecule has 124 valence electrons. The van der Waals surface area contributed by atoms with Gasteiger partial charge in [0.15, 0.2) is 0 Å². The highest BCUT2D eigenvalue weighted by molar-refractivity contribution is 5.81. The van der Waals surface area contributed by atoms with Crippen molar-refractivity contribution in [3.05, 3.63) is 35.9 Å². The molecule has 0 aliphatic heterocycles. The minimum Gasteiger partial charge on any atom is -0.468 e. The average Bonchev–Trinajstić information content (AvgIpc) is 2.56. The Morgan fingerprint density at radius 1 is 1.26 bits per heavy atom. The first-order chi connectivity index (χ1) is 10.9. The van der Waals surface area contributed by atoms with E-state index in [1.165, 1.54) is 7.11 Å². The van der Waals surface area contributed by atoms with Gasteiger partial charge in [0.05, 0.1) is 19.7 Å². The number of nitrogens with zero attached hydrogens (tertiary/aromatic N) is 2. The fourth-order valence-corrected chi connectivity index (χ4v) is 2.06. The lowest BCUT2D eigenvalue weighted by atomic mass is 10.0. The molecule has 23 heavy (non-hydrogen) atoms. The van der Waals surface area contributed by atoms with E-state index in [1.807, 2.05) is 36.4 Å². The van der Waals surface area contributed by atoms with Crippen molar-refractivity contribution < 1.29 is 19.1 Å². The third kappa shape index (κ3) is 5.72. The van der Waals surface area contributed by atoms with Gasteiger partial charge in [-0.3, -0.25) is 14.5 Å². The molecule has 0 aromatic heterocycles. The number of carbonyl (C=O) groups is 2. The zero-order valence-electron chi connectivity index (χ0n) is 13.7. The van der Waals surface area contributed by atoms with E-state index in [2.05, 4.69) is 0 Å². The maximum absolute atomic E-state index is 12.0. The molecule has 1 aromatic carbocycles. The Hall–Kier alpha value is -2.39. The van der Waals surface area contributed by atoms with Gasteiger partial charge in [-0.15, -0.1) is 0 Å². The normalized spacial score (nSPS) is 10.9. The van der Waals surface area contributed by atoms with E-state index in [9.17, 15) is 9.59 Å². The van der Waals surface area contributed by atoms with Crippen LogP contribution in [0.5, 0.6) is 0 Å². The van der Waals surface area contributed by atoms with Crippen LogP contribution in [0.1, 0.15) is 25.8 Å². The van der Waals surface area contributed by atoms with Crippen LogP contribution in [0.2, 0.25) is 0 Å². The summed E-state index contributed by atoms with van der Waals surface area (Å²) in [6.07, 6.45) is 0.201. The fourth-order valence-electron chi connectivity index (χ4n) is 2.06. The van der Waals surface area contributed by atoms with Crippen molar-refractivity contribution in [2.75, 3.05) is 20.2 Å². The summed E-state index contributed by atoms with van der Waals surface area (Å²) in [7, 11) is 1.29. The number of ether oxygens (including phenoxy) is 2. The summed E-state index contributed by atoms with van der Waals surface area (Å²) in [5.41, 5.74) is -0.131. The molecule has 0 heterocycles. The molecular formula is C17H22N2O4. The second-order valence-electron chi connectivity index (χ2n) is 5.53. The van der Waals surface area contributed by atoms with Crippen molar-refractivity contribution in [3.63, 3.8) is 0 Å². The highest BCUT2D eigenvalue weighted by Gasteiger charge is 2.36. The predicted molar refractivity (Wildman–Crippen MR) is 84.1 cm³/mol. The summed E-state index contributed by atoms with van der Waals surface area (Å²) in [6, 6.07) is 11.3. The van der Waals surface area contributed by atoms with Crippen LogP contribution in [0.3, 0.4) is 0 Å². The number of esters is 2. The first-order valence-corrected chi connectivity index (χ1v) is 7.31. The van der Waals surface area contributed by atoms with E-state index in [4.69, 9.17) is 14.7 Å². The van der Waals surface area contributed by atoms with Gasteiger partial charge in [-0.25, -0.2) is 0 Å². The van der Waals surface area contributed by atoms with Crippen molar-refractivity contribution in [3.8, 4) is 6.07 Å². The van der Waals surface area contributed by atoms with E-state index < -0.39 is 17.5 Å². The molecule has 0 amide bonds. The van der Waals surface area contributed by atoms with Crippen LogP contribution in [0, 0.1) is 11.3 Å². The first-order valence-electron chi connectivity index (χ1n) is 7.31. The summed E-state index contributed by atoms with van der Waals surface area (Å²) in [4.78, 5) is 25.5. The average molecular weight is 318 g/mol. The van der Waals surface area contributed by atoms with Crippen LogP contribution < -0.4 is 0 Å². The van der Waals surface area contributed by atoms with Gasteiger partial charge >= 0.3 is 11.9 Å². The first kappa shape index (κ1) is 18.7. The molecule has 0 aliphatic carbocycles. The standard InChI is InChI=1S/C17H22N2O4/c1-17(2,16(21)22-3)19(11-7-10-18)12-15(20)23-13-14-8-5-4-6-9-14/h4-6,8-9H,7,11-13H2,1-3H3. The smallest absolute Gasteiger partial charge is 0.325 e. The zero-order valence-corrected chi connectivity index (χ0v) is 13.7. The maximum atomic E-state index is 12.0. The zero-order chi connectivity index (χ0) is 17.3. The summed E-state index contributed by atoms with van der Waals surface area (Å²) < 4.78 is 10.0. The van der Waals surface area contributed by atoms with E-state index in [-0.39, 0.29) is 26.1 Å². The Labute approximate surface area is 136 Å². The quantitative estimate of drug-likeness (QED) is 0.681. The van der Waals surface area contributed by atoms with Crippen molar-refractivity contribution in [2.24, 2.45) is 0 Å². The van der Waals surface area contributed by atoms with E-state index in [0.717, 1.165) is 5.56 Å². The minimum absolute atomic E-state index is 0.0867. The molecule has 0 N–H and O–H groups in total. The van der Waals surface area contributed by atoms with Crippen LogP contribution in [0.25, 0.3) is 0 Å². The molecule has 0 spiro atoms. The van der Waals surface area contributed by atoms with Crippen LogP contribution in [0.4, 0.5) is 0 Å². The molecule has 0 saturated carbocycles. The van der Waals surface area contributed by atoms with Crippen LogP contribution in [-0.2, 0) is 25.7 Å². The number of rotatable bonds is 8. The van der Waals surface area contributed by atoms with Crippen molar-refractivity contribution >= 4 is 11.9 Å². The van der Waals surface area contributed by atoms with Gasteiger partial charge in [0, 0.05) is 13.0 Å². The van der Waals surface area contributed by atoms with Gasteiger partial charge < -0.3 is 9.47 Å². The van der Waals surface area contributed by atoms with Gasteiger partial charge in [0.25, 0.3) is 0 Å². The molecule has 0 aliphatic rings. The van der Waals surface area contributed by atoms with Crippen molar-refractivity contribution in [1.82, 2.24) is 4.90 Å². The van der Waals surface area contributed by atoms with E-state index in [0.29, 0.717) is 0 Å². The number of hydrogen-bond donors (Lipinski definition) is 0. The molecule has 6 nitrogen and oxygen atoms in total. The Kier molecular flexibility index (Phi) is 7.23. The predicted octanol–water partition coefficient (Wildman–Crippen LogP) is 1.90. The topological polar surface area (TPSA) is 79.6 Å². The molecule has 0 unspecified atom stereocenters. The monoisotopic (exact) mass is 318 g/mol. The van der Waals surface area contributed by atoms with Gasteiger partial charge in [0.2, 0.25) is 0 Å². The molecular weight excluding hydrogens is 296 g/mol. The number of hydrogen-bond acceptors (Lipinski definition) is 6. The van der Waals surface area contributed by atoms with E-state index in [1.54, 1.807) is 18.7 Å². The highest BCUT2D eigenvalue weighted by Crippen LogP contribution is 2.17. The van der Waals surface area contributed by atoms with Crippen LogP contribution in [-0.4, -0.2) is 42.6 Å². The van der Waals surface area contributed by atoms with Crippen LogP contribution in [0.15, 0.2) is 30.3 Å². The molecule has 1 aromatic rings. The third-order valence-electron chi connectivity index (χ3n) is 3.53. The summed E-state index contributed by atoms with van der Waals surface area (Å²) in [5.74, 6) is -0.921. The molecule has 0 atom stereocenters. The van der Waals surface area contributed by atoms with Gasteiger partial charge in [-0.2, -0.15) is 5.26 Å². The Morgan fingerprint density at radius 3 is 2.48 bits per heavy atom. The largest absolute Gasteiger partial charge is 0.468 e. The Bertz CT molecular complexity index is 564. The van der Waals surface area contributed by atoms with E-state index >= 15 is 0 Å². The SMILES string of the molecule is COC(=O)C(C)(C)N(CCC#N)CC(=O)OCc1ccccc1. The highest BCUT2D eigenvalue weighted by atomic mass is 16.5. The lowest BCUT2D eigenvalue weighted by Crippen LogP contribution is -2.53. The number of carbonyl (C=O) groups excluding carboxylic acids is 2. The van der Waals surface area contributed by atoms with Crippen LogP contribution >= 0.6 is 0 Å². The van der Waals surface area contributed by atoms with Crippen molar-refractivity contribution in [1.29, 1.82) is 5.26 Å². The van der Waals surface area contributed by atoms with Gasteiger partial charge in [-0.1, -0.05) is 30.3 Å².